The van der Waals surface area contributed by atoms with Crippen molar-refractivity contribution in [2.45, 2.75) is 50.3 Å². The highest BCUT2D eigenvalue weighted by molar-refractivity contribution is 7.92. The summed E-state index contributed by atoms with van der Waals surface area (Å²) >= 11 is 1.75. The summed E-state index contributed by atoms with van der Waals surface area (Å²) in [5, 5.41) is 0.967. The Hall–Kier alpha value is -2.16. The Labute approximate surface area is 192 Å². The fourth-order valence-electron chi connectivity index (χ4n) is 4.97. The zero-order valence-electron chi connectivity index (χ0n) is 18.5. The van der Waals surface area contributed by atoms with E-state index < -0.39 is 20.5 Å². The number of nitrogens with zero attached hydrogens (tertiary/aromatic N) is 1. The van der Waals surface area contributed by atoms with Gasteiger partial charge in [0.2, 0.25) is 0 Å². The van der Waals surface area contributed by atoms with Crippen LogP contribution in [0.3, 0.4) is 0 Å². The molecule has 8 heteroatoms. The molecule has 2 saturated heterocycles. The van der Waals surface area contributed by atoms with Gasteiger partial charge in [0.05, 0.1) is 21.6 Å². The first kappa shape index (κ1) is 21.7. The van der Waals surface area contributed by atoms with Crippen molar-refractivity contribution in [1.29, 1.82) is 0 Å². The van der Waals surface area contributed by atoms with Gasteiger partial charge in [0.15, 0.2) is 9.84 Å². The number of hydrogen-bond acceptors (Lipinski definition) is 5. The zero-order chi connectivity index (χ0) is 22.7. The molecular formula is C24H29N3O3S2. The van der Waals surface area contributed by atoms with Crippen molar-refractivity contribution >= 4 is 38.0 Å². The lowest BCUT2D eigenvalue weighted by Gasteiger charge is -2.34. The van der Waals surface area contributed by atoms with Gasteiger partial charge >= 0.3 is 0 Å². The van der Waals surface area contributed by atoms with Gasteiger partial charge < -0.3 is 10.7 Å². The number of H-pyrrole nitrogens is 1. The lowest BCUT2D eigenvalue weighted by molar-refractivity contribution is 0.100. The van der Waals surface area contributed by atoms with Gasteiger partial charge in [-0.15, -0.1) is 11.3 Å². The summed E-state index contributed by atoms with van der Waals surface area (Å²) in [7, 11) is -3.10. The number of primary amides is 1. The molecule has 2 aliphatic heterocycles. The van der Waals surface area contributed by atoms with E-state index in [1.54, 1.807) is 11.3 Å². The first-order valence-electron chi connectivity index (χ1n) is 11.1. The molecule has 32 heavy (non-hydrogen) atoms. The third-order valence-electron chi connectivity index (χ3n) is 7.12. The second kappa shape index (κ2) is 7.71. The van der Waals surface area contributed by atoms with E-state index in [1.165, 1.54) is 11.3 Å². The second-order valence-corrected chi connectivity index (χ2v) is 13.6. The molecule has 3 N–H and O–H groups in total. The van der Waals surface area contributed by atoms with Gasteiger partial charge in [-0.05, 0) is 87.5 Å². The lowest BCUT2D eigenvalue weighted by atomic mass is 9.86. The van der Waals surface area contributed by atoms with Gasteiger partial charge in [0.1, 0.15) is 0 Å². The van der Waals surface area contributed by atoms with Gasteiger partial charge in [0, 0.05) is 27.9 Å². The highest BCUT2D eigenvalue weighted by atomic mass is 32.2. The smallest absolute Gasteiger partial charge is 0.250 e. The molecule has 6 nitrogen and oxygen atoms in total. The Bertz CT molecular complexity index is 1300. The number of carbonyl (C=O) groups is 1. The fourth-order valence-corrected chi connectivity index (χ4v) is 7.61. The minimum absolute atomic E-state index is 0.114. The van der Waals surface area contributed by atoms with E-state index in [4.69, 9.17) is 5.73 Å². The molecule has 0 bridgehead atoms. The standard InChI is InChI=1S/C24H29N3O3S2/c1-24(2)12-15(6-9-32(24,29)30)20-13-26-22-18(20)10-16(11-19(22)23(25)28)21-5-4-17(31-21)14-27-7-3-8-27/h4-5,10-11,13,15,26H,3,6-9,12,14H2,1-2H3,(H2,25,28). The Morgan fingerprint density at radius 3 is 2.72 bits per heavy atom. The first-order valence-corrected chi connectivity index (χ1v) is 13.6. The van der Waals surface area contributed by atoms with E-state index in [9.17, 15) is 13.2 Å². The lowest BCUT2D eigenvalue weighted by Crippen LogP contribution is -2.40. The molecule has 5 rings (SSSR count). The van der Waals surface area contributed by atoms with Gasteiger partial charge in [-0.1, -0.05) is 0 Å². The van der Waals surface area contributed by atoms with E-state index in [0.29, 0.717) is 18.4 Å². The molecule has 1 atom stereocenters. The van der Waals surface area contributed by atoms with Crippen LogP contribution in [0.15, 0.2) is 30.5 Å². The second-order valence-electron chi connectivity index (χ2n) is 9.72. The highest BCUT2D eigenvalue weighted by Gasteiger charge is 2.41. The number of amides is 1. The number of likely N-dealkylation sites (tertiary alicyclic amines) is 1. The Balaban J connectivity index is 1.55. The first-order chi connectivity index (χ1) is 15.1. The number of benzene rings is 1. The van der Waals surface area contributed by atoms with Crippen LogP contribution < -0.4 is 5.73 Å². The topological polar surface area (TPSA) is 96.3 Å². The van der Waals surface area contributed by atoms with Crippen molar-refractivity contribution in [2.75, 3.05) is 18.8 Å². The van der Waals surface area contributed by atoms with Crippen LogP contribution in [0.5, 0.6) is 0 Å². The number of aromatic nitrogens is 1. The minimum Gasteiger partial charge on any atom is -0.366 e. The summed E-state index contributed by atoms with van der Waals surface area (Å²) in [5.74, 6) is -0.164. The van der Waals surface area contributed by atoms with Crippen LogP contribution in [-0.2, 0) is 16.4 Å². The van der Waals surface area contributed by atoms with Crippen molar-refractivity contribution in [1.82, 2.24) is 9.88 Å². The molecule has 0 aliphatic carbocycles. The number of rotatable bonds is 5. The van der Waals surface area contributed by atoms with E-state index in [2.05, 4.69) is 28.1 Å². The van der Waals surface area contributed by atoms with Crippen LogP contribution in [0, 0.1) is 0 Å². The maximum absolute atomic E-state index is 12.5. The van der Waals surface area contributed by atoms with Crippen LogP contribution in [0.2, 0.25) is 0 Å². The molecule has 2 aliphatic rings. The summed E-state index contributed by atoms with van der Waals surface area (Å²) in [6, 6.07) is 8.29. The predicted octanol–water partition coefficient (Wildman–Crippen LogP) is 4.27. The molecule has 4 heterocycles. The SMILES string of the molecule is CC1(C)CC(c2c[nH]c3c(C(N)=O)cc(-c4ccc(CN5CCC5)s4)cc23)CCS1(=O)=O. The summed E-state index contributed by atoms with van der Waals surface area (Å²) < 4.78 is 24.2. The van der Waals surface area contributed by atoms with Crippen molar-refractivity contribution in [3.8, 4) is 10.4 Å². The van der Waals surface area contributed by atoms with Crippen molar-refractivity contribution in [2.24, 2.45) is 5.73 Å². The van der Waals surface area contributed by atoms with Crippen LogP contribution in [0.25, 0.3) is 21.3 Å². The number of nitrogens with two attached hydrogens (primary N) is 1. The Morgan fingerprint density at radius 2 is 2.06 bits per heavy atom. The molecule has 170 valence electrons. The zero-order valence-corrected chi connectivity index (χ0v) is 20.1. The number of nitrogens with one attached hydrogen (secondary N) is 1. The normalized spacial score (nSPS) is 22.6. The number of carbonyl (C=O) groups excluding carboxylic acids is 1. The number of thiophene rings is 1. The Kier molecular flexibility index (Phi) is 5.22. The van der Waals surface area contributed by atoms with Crippen LogP contribution in [0.1, 0.15) is 59.8 Å². The largest absolute Gasteiger partial charge is 0.366 e. The molecule has 1 amide bonds. The van der Waals surface area contributed by atoms with Gasteiger partial charge in [0.25, 0.3) is 5.91 Å². The van der Waals surface area contributed by atoms with E-state index in [-0.39, 0.29) is 11.7 Å². The average molecular weight is 472 g/mol. The number of sulfone groups is 1. The summed E-state index contributed by atoms with van der Waals surface area (Å²) in [6.45, 7) is 6.91. The molecule has 0 radical (unpaired) electrons. The molecule has 2 fully saturated rings. The quantitative estimate of drug-likeness (QED) is 0.581. The van der Waals surface area contributed by atoms with Gasteiger partial charge in [-0.2, -0.15) is 0 Å². The van der Waals surface area contributed by atoms with E-state index in [0.717, 1.165) is 46.5 Å². The molecule has 2 aromatic heterocycles. The number of fused-ring (bicyclic) bond motifs is 1. The summed E-state index contributed by atoms with van der Waals surface area (Å²) in [5.41, 5.74) is 9.02. The third kappa shape index (κ3) is 3.68. The predicted molar refractivity (Wildman–Crippen MR) is 130 cm³/mol. The molecule has 1 aromatic carbocycles. The van der Waals surface area contributed by atoms with E-state index >= 15 is 0 Å². The molecule has 3 aromatic rings. The fraction of sp³-hybridized carbons (Fsp3) is 0.458. The molecular weight excluding hydrogens is 442 g/mol. The summed E-state index contributed by atoms with van der Waals surface area (Å²) in [6.07, 6.45) is 4.36. The third-order valence-corrected chi connectivity index (χ3v) is 10.9. The summed E-state index contributed by atoms with van der Waals surface area (Å²) in [4.78, 5) is 20.4. The van der Waals surface area contributed by atoms with Crippen molar-refractivity contribution < 1.29 is 13.2 Å². The number of aromatic amines is 1. The maximum atomic E-state index is 12.5. The van der Waals surface area contributed by atoms with Gasteiger partial charge in [-0.3, -0.25) is 9.69 Å². The van der Waals surface area contributed by atoms with E-state index in [1.807, 2.05) is 26.1 Å². The minimum atomic E-state index is -3.10. The molecule has 0 spiro atoms. The average Bonchev–Trinajstić information content (AvgIpc) is 3.33. The van der Waals surface area contributed by atoms with Crippen LogP contribution in [0.4, 0.5) is 0 Å². The van der Waals surface area contributed by atoms with Crippen molar-refractivity contribution in [3.63, 3.8) is 0 Å². The van der Waals surface area contributed by atoms with Crippen molar-refractivity contribution in [3.05, 3.63) is 46.5 Å². The number of hydrogen-bond donors (Lipinski definition) is 2. The maximum Gasteiger partial charge on any atom is 0.250 e. The van der Waals surface area contributed by atoms with Gasteiger partial charge in [-0.25, -0.2) is 8.42 Å². The molecule has 1 unspecified atom stereocenters. The van der Waals surface area contributed by atoms with Crippen LogP contribution in [-0.4, -0.2) is 47.8 Å². The molecule has 0 saturated carbocycles. The Morgan fingerprint density at radius 1 is 1.28 bits per heavy atom. The van der Waals surface area contributed by atoms with Crippen LogP contribution >= 0.6 is 11.3 Å². The highest BCUT2D eigenvalue weighted by Crippen LogP contribution is 2.43. The monoisotopic (exact) mass is 471 g/mol.